The number of halogens is 2. The van der Waals surface area contributed by atoms with Gasteiger partial charge in [-0.25, -0.2) is 8.78 Å². The average molecular weight is 308 g/mol. The zero-order chi connectivity index (χ0) is 16.1. The zero-order valence-corrected chi connectivity index (χ0v) is 12.1. The first-order chi connectivity index (χ1) is 10.5. The molecular formula is C16H14F2O4. The highest BCUT2D eigenvalue weighted by atomic mass is 19.1. The van der Waals surface area contributed by atoms with E-state index in [1.807, 2.05) is 0 Å². The van der Waals surface area contributed by atoms with Crippen LogP contribution in [-0.2, 0) is 0 Å². The van der Waals surface area contributed by atoms with Crippen LogP contribution in [-0.4, -0.2) is 26.6 Å². The molecular weight excluding hydrogens is 294 g/mol. The van der Waals surface area contributed by atoms with Crippen molar-refractivity contribution in [3.8, 4) is 17.2 Å². The van der Waals surface area contributed by atoms with E-state index in [1.165, 1.54) is 20.3 Å². The lowest BCUT2D eigenvalue weighted by Crippen LogP contribution is -2.13. The minimum Gasteiger partial charge on any atom is -0.497 e. The van der Waals surface area contributed by atoms with Gasteiger partial charge in [-0.1, -0.05) is 0 Å². The van der Waals surface area contributed by atoms with Gasteiger partial charge in [0.2, 0.25) is 5.78 Å². The summed E-state index contributed by atoms with van der Waals surface area (Å²) in [7, 11) is 2.92. The van der Waals surface area contributed by atoms with Gasteiger partial charge in [0.1, 0.15) is 17.3 Å². The van der Waals surface area contributed by atoms with Crippen molar-refractivity contribution < 1.29 is 27.8 Å². The third-order valence-electron chi connectivity index (χ3n) is 2.96. The minimum atomic E-state index is -0.866. The lowest BCUT2D eigenvalue weighted by Gasteiger charge is -2.11. The average Bonchev–Trinajstić information content (AvgIpc) is 2.53. The van der Waals surface area contributed by atoms with Crippen LogP contribution >= 0.6 is 0 Å². The summed E-state index contributed by atoms with van der Waals surface area (Å²) in [6, 6.07) is 7.57. The maximum absolute atomic E-state index is 13.4. The fourth-order valence-electron chi connectivity index (χ4n) is 1.84. The Morgan fingerprint density at radius 2 is 1.77 bits per heavy atom. The predicted molar refractivity (Wildman–Crippen MR) is 75.7 cm³/mol. The first-order valence-corrected chi connectivity index (χ1v) is 6.38. The number of ketones is 1. The molecule has 0 N–H and O–H groups in total. The van der Waals surface area contributed by atoms with Gasteiger partial charge in [0.25, 0.3) is 0 Å². The number of hydrogen-bond acceptors (Lipinski definition) is 4. The van der Waals surface area contributed by atoms with Crippen LogP contribution in [0.1, 0.15) is 10.4 Å². The molecule has 0 aliphatic rings. The third kappa shape index (κ3) is 3.52. The van der Waals surface area contributed by atoms with E-state index in [0.717, 1.165) is 12.1 Å². The molecule has 0 radical (unpaired) electrons. The van der Waals surface area contributed by atoms with Crippen molar-refractivity contribution in [2.45, 2.75) is 0 Å². The maximum atomic E-state index is 13.4. The van der Waals surface area contributed by atoms with Crippen LogP contribution in [0.3, 0.4) is 0 Å². The van der Waals surface area contributed by atoms with E-state index >= 15 is 0 Å². The van der Waals surface area contributed by atoms with Crippen molar-refractivity contribution in [1.82, 2.24) is 0 Å². The van der Waals surface area contributed by atoms with E-state index in [9.17, 15) is 13.6 Å². The number of Topliss-reactive ketones (excluding diaryl/α,β-unsaturated/α-hetero) is 1. The smallest absolute Gasteiger partial charge is 0.203 e. The molecule has 22 heavy (non-hydrogen) atoms. The number of ether oxygens (including phenoxy) is 3. The summed E-state index contributed by atoms with van der Waals surface area (Å²) in [6.07, 6.45) is 0. The Balaban J connectivity index is 2.12. The zero-order valence-electron chi connectivity index (χ0n) is 12.1. The number of rotatable bonds is 6. The van der Waals surface area contributed by atoms with Crippen molar-refractivity contribution in [1.29, 1.82) is 0 Å². The Morgan fingerprint density at radius 3 is 2.41 bits per heavy atom. The highest BCUT2D eigenvalue weighted by Crippen LogP contribution is 2.25. The molecule has 2 aromatic carbocycles. The van der Waals surface area contributed by atoms with Crippen LogP contribution in [0.15, 0.2) is 36.4 Å². The van der Waals surface area contributed by atoms with Gasteiger partial charge in [-0.15, -0.1) is 0 Å². The van der Waals surface area contributed by atoms with Crippen molar-refractivity contribution in [3.05, 3.63) is 53.6 Å². The second-order valence-electron chi connectivity index (χ2n) is 4.35. The molecule has 0 aromatic heterocycles. The molecule has 0 aliphatic carbocycles. The quantitative estimate of drug-likeness (QED) is 0.769. The summed E-state index contributed by atoms with van der Waals surface area (Å²) in [5, 5.41) is 0. The third-order valence-corrected chi connectivity index (χ3v) is 2.96. The Labute approximate surface area is 126 Å². The first-order valence-electron chi connectivity index (χ1n) is 6.38. The molecule has 2 rings (SSSR count). The van der Waals surface area contributed by atoms with Crippen molar-refractivity contribution >= 4 is 5.78 Å². The van der Waals surface area contributed by atoms with Crippen LogP contribution in [0.4, 0.5) is 8.78 Å². The fraction of sp³-hybridized carbons (Fsp3) is 0.188. The second-order valence-corrected chi connectivity index (χ2v) is 4.35. The van der Waals surface area contributed by atoms with E-state index in [4.69, 9.17) is 14.2 Å². The molecule has 0 heterocycles. The van der Waals surface area contributed by atoms with Crippen LogP contribution < -0.4 is 14.2 Å². The van der Waals surface area contributed by atoms with E-state index in [2.05, 4.69) is 0 Å². The summed E-state index contributed by atoms with van der Waals surface area (Å²) in [5.74, 6) is -1.31. The van der Waals surface area contributed by atoms with Gasteiger partial charge in [-0.3, -0.25) is 4.79 Å². The van der Waals surface area contributed by atoms with Crippen LogP contribution in [0.25, 0.3) is 0 Å². The van der Waals surface area contributed by atoms with Gasteiger partial charge in [0.15, 0.2) is 18.2 Å². The number of methoxy groups -OCH3 is 2. The van der Waals surface area contributed by atoms with Crippen molar-refractivity contribution in [3.63, 3.8) is 0 Å². The summed E-state index contributed by atoms with van der Waals surface area (Å²) in [4.78, 5) is 12.1. The van der Waals surface area contributed by atoms with E-state index in [-0.39, 0.29) is 11.3 Å². The van der Waals surface area contributed by atoms with Crippen LogP contribution in [0.2, 0.25) is 0 Å². The Kier molecular flexibility index (Phi) is 4.93. The molecule has 0 fully saturated rings. The molecule has 0 saturated carbocycles. The molecule has 116 valence electrons. The predicted octanol–water partition coefficient (Wildman–Crippen LogP) is 3.24. The lowest BCUT2D eigenvalue weighted by molar-refractivity contribution is 0.0915. The Bertz CT molecular complexity index is 686. The fourth-order valence-corrected chi connectivity index (χ4v) is 1.84. The largest absolute Gasteiger partial charge is 0.497 e. The maximum Gasteiger partial charge on any atom is 0.203 e. The molecule has 0 atom stereocenters. The molecule has 6 heteroatoms. The number of carbonyl (C=O) groups excluding carboxylic acids is 1. The highest BCUT2D eigenvalue weighted by Gasteiger charge is 2.15. The standard InChI is InChI=1S/C16H14F2O4/c1-20-11-4-5-12(16(8-11)21-2)14(19)9-22-15-6-3-10(17)7-13(15)18/h3-8H,9H2,1-2H3. The molecule has 0 bridgehead atoms. The number of hydrogen-bond donors (Lipinski definition) is 0. The lowest BCUT2D eigenvalue weighted by atomic mass is 10.1. The topological polar surface area (TPSA) is 44.8 Å². The van der Waals surface area contributed by atoms with E-state index < -0.39 is 24.0 Å². The van der Waals surface area contributed by atoms with Crippen LogP contribution in [0.5, 0.6) is 17.2 Å². The van der Waals surface area contributed by atoms with Gasteiger partial charge in [-0.05, 0) is 24.3 Å². The van der Waals surface area contributed by atoms with Crippen LogP contribution in [0, 0.1) is 11.6 Å². The van der Waals surface area contributed by atoms with Gasteiger partial charge < -0.3 is 14.2 Å². The highest BCUT2D eigenvalue weighted by molar-refractivity contribution is 6.00. The molecule has 2 aromatic rings. The summed E-state index contributed by atoms with van der Waals surface area (Å²) in [5.41, 5.74) is 0.283. The number of carbonyl (C=O) groups is 1. The monoisotopic (exact) mass is 308 g/mol. The molecule has 0 saturated heterocycles. The molecule has 0 amide bonds. The van der Waals surface area contributed by atoms with Crippen molar-refractivity contribution in [2.24, 2.45) is 0 Å². The summed E-state index contributed by atoms with van der Waals surface area (Å²) in [6.45, 7) is -0.398. The van der Waals surface area contributed by atoms with Crippen molar-refractivity contribution in [2.75, 3.05) is 20.8 Å². The minimum absolute atomic E-state index is 0.192. The van der Waals surface area contributed by atoms with E-state index in [0.29, 0.717) is 17.6 Å². The molecule has 4 nitrogen and oxygen atoms in total. The van der Waals surface area contributed by atoms with Gasteiger partial charge in [-0.2, -0.15) is 0 Å². The second kappa shape index (κ2) is 6.89. The first kappa shape index (κ1) is 15.8. The van der Waals surface area contributed by atoms with E-state index in [1.54, 1.807) is 12.1 Å². The summed E-state index contributed by atoms with van der Waals surface area (Å²) >= 11 is 0. The normalized spacial score (nSPS) is 10.2. The van der Waals surface area contributed by atoms with Gasteiger partial charge in [0.05, 0.1) is 19.8 Å². The Morgan fingerprint density at radius 1 is 1.00 bits per heavy atom. The van der Waals surface area contributed by atoms with Gasteiger partial charge >= 0.3 is 0 Å². The molecule has 0 unspecified atom stereocenters. The van der Waals surface area contributed by atoms with Gasteiger partial charge in [0, 0.05) is 12.1 Å². The number of benzene rings is 2. The SMILES string of the molecule is COc1ccc(C(=O)COc2ccc(F)cc2F)c(OC)c1. The summed E-state index contributed by atoms with van der Waals surface area (Å²) < 4.78 is 41.5. The molecule has 0 spiro atoms. The molecule has 0 aliphatic heterocycles. The Hall–Kier alpha value is -2.63.